The molecule has 0 atom stereocenters. The molecule has 0 bridgehead atoms. The number of halogens is 3. The number of nitrogens with zero attached hydrogens (tertiary/aromatic N) is 6. The average molecular weight is 620 g/mol. The van der Waals surface area contributed by atoms with Crippen molar-refractivity contribution in [3.8, 4) is 11.8 Å². The van der Waals surface area contributed by atoms with Crippen molar-refractivity contribution in [3.63, 3.8) is 0 Å². The van der Waals surface area contributed by atoms with E-state index in [1.807, 2.05) is 64.7 Å². The molecule has 0 radical (unpaired) electrons. The van der Waals surface area contributed by atoms with Gasteiger partial charge in [-0.2, -0.15) is 18.2 Å². The summed E-state index contributed by atoms with van der Waals surface area (Å²) < 4.78 is 43.7. The van der Waals surface area contributed by atoms with Gasteiger partial charge in [-0.1, -0.05) is 37.8 Å². The second-order valence-corrected chi connectivity index (χ2v) is 11.2. The minimum Gasteiger partial charge on any atom is -0.346 e. The fraction of sp³-hybridized carbons (Fsp3) is 0.382. The van der Waals surface area contributed by atoms with Crippen LogP contribution in [0.1, 0.15) is 57.6 Å². The Balaban J connectivity index is 0.00000226. The van der Waals surface area contributed by atoms with E-state index in [0.717, 1.165) is 41.5 Å². The van der Waals surface area contributed by atoms with Crippen molar-refractivity contribution < 1.29 is 18.0 Å². The average Bonchev–Trinajstić information content (AvgIpc) is 3.45. The molecular formula is C34H40F3N7O. The predicted octanol–water partition coefficient (Wildman–Crippen LogP) is 5.86. The number of hydrogen-bond donors (Lipinski definition) is 1. The quantitative estimate of drug-likeness (QED) is 0.283. The van der Waals surface area contributed by atoms with Crippen LogP contribution in [0.4, 0.5) is 24.8 Å². The van der Waals surface area contributed by atoms with E-state index >= 15 is 0 Å². The number of fused-ring (bicyclic) bond motifs is 1. The first kappa shape index (κ1) is 33.5. The van der Waals surface area contributed by atoms with Gasteiger partial charge >= 0.3 is 6.18 Å². The molecule has 1 aliphatic heterocycles. The van der Waals surface area contributed by atoms with Crippen molar-refractivity contribution in [2.75, 3.05) is 57.5 Å². The summed E-state index contributed by atoms with van der Waals surface area (Å²) in [6.45, 7) is 11.1. The van der Waals surface area contributed by atoms with Crippen molar-refractivity contribution in [3.05, 3.63) is 87.6 Å². The topological polar surface area (TPSA) is 69.0 Å². The van der Waals surface area contributed by atoms with E-state index < -0.39 is 17.6 Å². The number of piperazine rings is 1. The second-order valence-electron chi connectivity index (χ2n) is 11.2. The van der Waals surface area contributed by atoms with Crippen LogP contribution in [0.3, 0.4) is 0 Å². The molecule has 238 valence electrons. The SMILES string of the molecule is CC.Cc1ccc(C(=O)Nc2ccc(CN3CCN(C)CC3)c(C(F)(F)F)c2)cc1C#Cc1cc(C)c2nc(N(C)C)nn2c1. The number of anilines is 2. The maximum absolute atomic E-state index is 14.0. The molecule has 2 aromatic heterocycles. The monoisotopic (exact) mass is 619 g/mol. The molecule has 0 aliphatic carbocycles. The minimum absolute atomic E-state index is 0.0846. The first-order valence-electron chi connectivity index (χ1n) is 15.0. The number of carbonyl (C=O) groups excluding carboxylic acids is 1. The highest BCUT2D eigenvalue weighted by molar-refractivity contribution is 6.04. The van der Waals surface area contributed by atoms with Gasteiger partial charge in [-0.15, -0.1) is 5.10 Å². The number of benzene rings is 2. The van der Waals surface area contributed by atoms with Gasteiger partial charge in [0.1, 0.15) is 0 Å². The summed E-state index contributed by atoms with van der Waals surface area (Å²) in [5.41, 5.74) is 3.73. The highest BCUT2D eigenvalue weighted by Gasteiger charge is 2.34. The van der Waals surface area contributed by atoms with Crippen LogP contribution in [-0.4, -0.2) is 77.6 Å². The van der Waals surface area contributed by atoms with Gasteiger partial charge in [-0.25, -0.2) is 4.52 Å². The van der Waals surface area contributed by atoms with E-state index in [1.165, 1.54) is 12.1 Å². The summed E-state index contributed by atoms with van der Waals surface area (Å²) in [5.74, 6) is 6.35. The maximum atomic E-state index is 14.0. The molecule has 3 heterocycles. The number of nitrogens with one attached hydrogen (secondary N) is 1. The molecule has 2 aromatic carbocycles. The molecule has 1 amide bonds. The van der Waals surface area contributed by atoms with Crippen molar-refractivity contribution in [1.29, 1.82) is 0 Å². The normalized spacial score (nSPS) is 13.9. The fourth-order valence-corrected chi connectivity index (χ4v) is 4.94. The standard InChI is InChI=1S/C32H34F3N7O.C2H6/c1-21-6-8-25(17-24(21)9-7-23-16-22(2)29-37-31(39(3)4)38-42(29)19-23)30(43)36-27-11-10-26(28(18-27)32(33,34)35)20-41-14-12-40(5)13-15-41;1-2/h6,8,10-11,16-19H,12-15,20H2,1-5H3,(H,36,43);1-2H3. The molecular weight excluding hydrogens is 579 g/mol. The smallest absolute Gasteiger partial charge is 0.346 e. The molecule has 8 nitrogen and oxygen atoms in total. The lowest BCUT2D eigenvalue weighted by molar-refractivity contribution is -0.138. The third-order valence-electron chi connectivity index (χ3n) is 7.51. The van der Waals surface area contributed by atoms with Gasteiger partial charge in [0.2, 0.25) is 5.95 Å². The van der Waals surface area contributed by atoms with E-state index in [1.54, 1.807) is 28.9 Å². The largest absolute Gasteiger partial charge is 0.416 e. The zero-order chi connectivity index (χ0) is 32.9. The third-order valence-corrected chi connectivity index (χ3v) is 7.51. The van der Waals surface area contributed by atoms with E-state index in [4.69, 9.17) is 0 Å². The van der Waals surface area contributed by atoms with E-state index in [9.17, 15) is 18.0 Å². The summed E-state index contributed by atoms with van der Waals surface area (Å²) in [6.07, 6.45) is -2.75. The Hall–Kier alpha value is -4.40. The number of carbonyl (C=O) groups is 1. The van der Waals surface area contributed by atoms with Gasteiger partial charge in [0, 0.05) is 75.4 Å². The lowest BCUT2D eigenvalue weighted by Gasteiger charge is -2.33. The number of alkyl halides is 3. The predicted molar refractivity (Wildman–Crippen MR) is 173 cm³/mol. The molecule has 1 saturated heterocycles. The van der Waals surface area contributed by atoms with Crippen LogP contribution in [0.5, 0.6) is 0 Å². The molecule has 11 heteroatoms. The number of rotatable bonds is 5. The van der Waals surface area contributed by atoms with Crippen LogP contribution in [-0.2, 0) is 12.7 Å². The number of pyridine rings is 1. The maximum Gasteiger partial charge on any atom is 0.416 e. The molecule has 0 unspecified atom stereocenters. The van der Waals surface area contributed by atoms with Crippen LogP contribution in [0.15, 0.2) is 48.7 Å². The van der Waals surface area contributed by atoms with Crippen LogP contribution >= 0.6 is 0 Å². The van der Waals surface area contributed by atoms with Crippen LogP contribution in [0.25, 0.3) is 5.65 Å². The van der Waals surface area contributed by atoms with Crippen LogP contribution < -0.4 is 10.2 Å². The molecule has 1 fully saturated rings. The summed E-state index contributed by atoms with van der Waals surface area (Å²) in [6, 6.07) is 11.0. The van der Waals surface area contributed by atoms with Gasteiger partial charge in [0.05, 0.1) is 5.56 Å². The van der Waals surface area contributed by atoms with Crippen molar-refractivity contribution >= 4 is 23.2 Å². The van der Waals surface area contributed by atoms with Crippen LogP contribution in [0, 0.1) is 25.7 Å². The third kappa shape index (κ3) is 8.21. The first-order valence-corrected chi connectivity index (χ1v) is 15.0. The Morgan fingerprint density at radius 2 is 1.69 bits per heavy atom. The number of likely N-dealkylation sites (N-methyl/N-ethyl adjacent to an activating group) is 1. The van der Waals surface area contributed by atoms with Gasteiger partial charge in [0.15, 0.2) is 5.65 Å². The molecule has 0 saturated carbocycles. The Morgan fingerprint density at radius 3 is 2.36 bits per heavy atom. The number of amides is 1. The van der Waals surface area contributed by atoms with E-state index in [0.29, 0.717) is 30.2 Å². The zero-order valence-electron chi connectivity index (χ0n) is 26.9. The highest BCUT2D eigenvalue weighted by Crippen LogP contribution is 2.35. The Morgan fingerprint density at radius 1 is 0.978 bits per heavy atom. The van der Waals surface area contributed by atoms with Crippen molar-refractivity contribution in [1.82, 2.24) is 24.4 Å². The van der Waals surface area contributed by atoms with Gasteiger partial charge in [0.25, 0.3) is 5.91 Å². The van der Waals surface area contributed by atoms with Crippen molar-refractivity contribution in [2.24, 2.45) is 0 Å². The van der Waals surface area contributed by atoms with E-state index in [-0.39, 0.29) is 17.8 Å². The molecule has 0 spiro atoms. The lowest BCUT2D eigenvalue weighted by atomic mass is 10.0. The summed E-state index contributed by atoms with van der Waals surface area (Å²) in [5, 5.41) is 7.12. The minimum atomic E-state index is -4.54. The Bertz CT molecular complexity index is 1730. The summed E-state index contributed by atoms with van der Waals surface area (Å²) >= 11 is 0. The molecule has 4 aromatic rings. The number of aromatic nitrogens is 3. The fourth-order valence-electron chi connectivity index (χ4n) is 4.94. The molecule has 1 N–H and O–H groups in total. The van der Waals surface area contributed by atoms with Gasteiger partial charge in [-0.3, -0.25) is 9.69 Å². The molecule has 5 rings (SSSR count). The Labute approximate surface area is 262 Å². The summed E-state index contributed by atoms with van der Waals surface area (Å²) in [7, 11) is 5.74. The second kappa shape index (κ2) is 14.1. The highest BCUT2D eigenvalue weighted by atomic mass is 19.4. The molecule has 45 heavy (non-hydrogen) atoms. The first-order chi connectivity index (χ1) is 21.4. The summed E-state index contributed by atoms with van der Waals surface area (Å²) in [4.78, 5) is 23.6. The molecule has 1 aliphatic rings. The van der Waals surface area contributed by atoms with Crippen molar-refractivity contribution in [2.45, 2.75) is 40.4 Å². The van der Waals surface area contributed by atoms with Crippen LogP contribution in [0.2, 0.25) is 0 Å². The Kier molecular flexibility index (Phi) is 10.5. The lowest BCUT2D eigenvalue weighted by Crippen LogP contribution is -2.44. The van der Waals surface area contributed by atoms with Gasteiger partial charge < -0.3 is 15.1 Å². The number of hydrogen-bond acceptors (Lipinski definition) is 6. The zero-order valence-corrected chi connectivity index (χ0v) is 26.9. The van der Waals surface area contributed by atoms with E-state index in [2.05, 4.69) is 32.1 Å². The van der Waals surface area contributed by atoms with Gasteiger partial charge in [-0.05, 0) is 67.9 Å². The number of aryl methyl sites for hydroxylation is 2.